The third kappa shape index (κ3) is 5.12. The van der Waals surface area contributed by atoms with Crippen LogP contribution in [0.5, 0.6) is 0 Å². The summed E-state index contributed by atoms with van der Waals surface area (Å²) >= 11 is 0. The standard InChI is InChI=1S/C34H24N6O4/c1-38-22-35-27-28(38)30(40(33(43)25-18-10-4-11-19-25)34(44)26-20-12-5-13-21-26)37-36-29(27)39(31(41)23-14-6-2-7-15-23)32(42)24-16-8-3-9-17-24/h2-22H,1H3. The lowest BCUT2D eigenvalue weighted by molar-refractivity contribution is 0.0879. The smallest absolute Gasteiger partial charge is 0.266 e. The molecule has 44 heavy (non-hydrogen) atoms. The van der Waals surface area contributed by atoms with Gasteiger partial charge in [-0.25, -0.2) is 14.8 Å². The first-order valence-electron chi connectivity index (χ1n) is 13.6. The summed E-state index contributed by atoms with van der Waals surface area (Å²) in [5.74, 6) is -2.82. The highest BCUT2D eigenvalue weighted by Gasteiger charge is 2.35. The summed E-state index contributed by atoms with van der Waals surface area (Å²) in [6.45, 7) is 0. The summed E-state index contributed by atoms with van der Waals surface area (Å²) in [7, 11) is 1.66. The Morgan fingerprint density at radius 2 is 0.818 bits per heavy atom. The van der Waals surface area contributed by atoms with Gasteiger partial charge in [-0.2, -0.15) is 0 Å². The molecule has 6 aromatic rings. The van der Waals surface area contributed by atoms with Crippen LogP contribution >= 0.6 is 0 Å². The number of imide groups is 2. The van der Waals surface area contributed by atoms with Crippen LogP contribution in [-0.4, -0.2) is 43.4 Å². The number of aromatic nitrogens is 4. The third-order valence-electron chi connectivity index (χ3n) is 6.92. The highest BCUT2D eigenvalue weighted by atomic mass is 16.2. The van der Waals surface area contributed by atoms with Crippen LogP contribution in [-0.2, 0) is 7.05 Å². The lowest BCUT2D eigenvalue weighted by atomic mass is 10.1. The van der Waals surface area contributed by atoms with Crippen molar-refractivity contribution >= 4 is 46.3 Å². The van der Waals surface area contributed by atoms with Crippen LogP contribution in [0.15, 0.2) is 128 Å². The van der Waals surface area contributed by atoms with Gasteiger partial charge in [-0.15, -0.1) is 10.2 Å². The molecule has 4 amide bonds. The van der Waals surface area contributed by atoms with Gasteiger partial charge in [0.25, 0.3) is 23.6 Å². The maximum atomic E-state index is 13.9. The second kappa shape index (κ2) is 11.9. The largest absolute Gasteiger partial charge is 0.330 e. The normalized spacial score (nSPS) is 10.8. The molecule has 0 fully saturated rings. The Morgan fingerprint density at radius 3 is 1.18 bits per heavy atom. The van der Waals surface area contributed by atoms with Crippen LogP contribution in [0.1, 0.15) is 41.4 Å². The topological polar surface area (TPSA) is 118 Å². The molecule has 0 aliphatic heterocycles. The summed E-state index contributed by atoms with van der Waals surface area (Å²) in [6.07, 6.45) is 1.44. The fourth-order valence-corrected chi connectivity index (χ4v) is 4.76. The SMILES string of the molecule is Cn1cnc2c(N(C(=O)c3ccccc3)C(=O)c3ccccc3)nnc(N(C(=O)c3ccccc3)C(=O)c3ccccc3)c21. The summed E-state index contributed by atoms with van der Waals surface area (Å²) in [5.41, 5.74) is 1.29. The molecule has 0 saturated heterocycles. The van der Waals surface area contributed by atoms with Gasteiger partial charge in [-0.1, -0.05) is 72.8 Å². The average molecular weight is 581 g/mol. The van der Waals surface area contributed by atoms with Gasteiger partial charge in [0, 0.05) is 29.3 Å². The molecular formula is C34H24N6O4. The van der Waals surface area contributed by atoms with Gasteiger partial charge in [-0.3, -0.25) is 19.2 Å². The molecule has 0 saturated carbocycles. The highest BCUT2D eigenvalue weighted by Crippen LogP contribution is 2.32. The number of aryl methyl sites for hydroxylation is 1. The summed E-state index contributed by atoms with van der Waals surface area (Å²) < 4.78 is 1.56. The minimum atomic E-state index is -0.647. The minimum absolute atomic E-state index is 0.0952. The van der Waals surface area contributed by atoms with E-state index in [-0.39, 0.29) is 44.9 Å². The van der Waals surface area contributed by atoms with E-state index < -0.39 is 23.6 Å². The molecule has 0 atom stereocenters. The fraction of sp³-hybridized carbons (Fsp3) is 0.0294. The van der Waals surface area contributed by atoms with Crippen molar-refractivity contribution in [2.24, 2.45) is 7.05 Å². The monoisotopic (exact) mass is 580 g/mol. The number of fused-ring (bicyclic) bond motifs is 1. The van der Waals surface area contributed by atoms with Crippen LogP contribution in [0.2, 0.25) is 0 Å². The summed E-state index contributed by atoms with van der Waals surface area (Å²) in [5, 5.41) is 8.63. The van der Waals surface area contributed by atoms with Crippen LogP contribution in [0.25, 0.3) is 11.0 Å². The molecule has 214 valence electrons. The highest BCUT2D eigenvalue weighted by molar-refractivity contribution is 6.29. The van der Waals surface area contributed by atoms with E-state index in [0.29, 0.717) is 0 Å². The van der Waals surface area contributed by atoms with E-state index in [1.165, 1.54) is 6.33 Å². The zero-order valence-electron chi connectivity index (χ0n) is 23.4. The Labute approximate surface area is 251 Å². The molecule has 6 rings (SSSR count). The predicted octanol–water partition coefficient (Wildman–Crippen LogP) is 5.34. The number of benzene rings is 4. The zero-order chi connectivity index (χ0) is 30.6. The van der Waals surface area contributed by atoms with E-state index in [0.717, 1.165) is 9.80 Å². The Balaban J connectivity index is 1.56. The number of imidazole rings is 1. The molecule has 0 aliphatic rings. The molecule has 4 aromatic carbocycles. The molecular weight excluding hydrogens is 556 g/mol. The maximum absolute atomic E-state index is 13.9. The number of anilines is 2. The van der Waals surface area contributed by atoms with Crippen LogP contribution in [0.4, 0.5) is 11.6 Å². The maximum Gasteiger partial charge on any atom is 0.266 e. The van der Waals surface area contributed by atoms with E-state index >= 15 is 0 Å². The van der Waals surface area contributed by atoms with Crippen molar-refractivity contribution in [3.05, 3.63) is 150 Å². The van der Waals surface area contributed by atoms with E-state index in [2.05, 4.69) is 15.2 Å². The van der Waals surface area contributed by atoms with Gasteiger partial charge in [0.05, 0.1) is 6.33 Å². The Kier molecular flexibility index (Phi) is 7.54. The second-order valence-electron chi connectivity index (χ2n) is 9.76. The summed E-state index contributed by atoms with van der Waals surface area (Å²) in [6, 6.07) is 33.3. The van der Waals surface area contributed by atoms with Crippen LogP contribution < -0.4 is 9.80 Å². The first kappa shape index (κ1) is 27.9. The minimum Gasteiger partial charge on any atom is -0.330 e. The first-order valence-corrected chi connectivity index (χ1v) is 13.6. The van der Waals surface area contributed by atoms with E-state index in [4.69, 9.17) is 0 Å². The second-order valence-corrected chi connectivity index (χ2v) is 9.76. The van der Waals surface area contributed by atoms with Crippen molar-refractivity contribution < 1.29 is 19.2 Å². The van der Waals surface area contributed by atoms with E-state index in [1.807, 2.05) is 0 Å². The molecule has 0 bridgehead atoms. The number of amides is 4. The van der Waals surface area contributed by atoms with Gasteiger partial charge in [0.1, 0.15) is 11.0 Å². The van der Waals surface area contributed by atoms with Gasteiger partial charge < -0.3 is 4.57 Å². The number of hydrogen-bond donors (Lipinski definition) is 0. The van der Waals surface area contributed by atoms with Crippen molar-refractivity contribution in [2.45, 2.75) is 0 Å². The van der Waals surface area contributed by atoms with Crippen molar-refractivity contribution in [1.82, 2.24) is 19.7 Å². The van der Waals surface area contributed by atoms with Crippen molar-refractivity contribution in [3.63, 3.8) is 0 Å². The zero-order valence-corrected chi connectivity index (χ0v) is 23.4. The predicted molar refractivity (Wildman–Crippen MR) is 164 cm³/mol. The molecule has 0 unspecified atom stereocenters. The van der Waals surface area contributed by atoms with E-state index in [9.17, 15) is 19.2 Å². The number of rotatable bonds is 6. The fourth-order valence-electron chi connectivity index (χ4n) is 4.76. The Bertz CT molecular complexity index is 1890. The van der Waals surface area contributed by atoms with Gasteiger partial charge >= 0.3 is 0 Å². The van der Waals surface area contributed by atoms with Crippen molar-refractivity contribution in [3.8, 4) is 0 Å². The summed E-state index contributed by atoms with van der Waals surface area (Å²) in [4.78, 5) is 62.0. The molecule has 0 radical (unpaired) electrons. The number of hydrogen-bond acceptors (Lipinski definition) is 7. The molecule has 0 spiro atoms. The van der Waals surface area contributed by atoms with Crippen LogP contribution in [0.3, 0.4) is 0 Å². The molecule has 0 aliphatic carbocycles. The number of nitrogens with zero attached hydrogens (tertiary/aromatic N) is 6. The van der Waals surface area contributed by atoms with Crippen molar-refractivity contribution in [2.75, 3.05) is 9.80 Å². The Hall–Kier alpha value is -6.29. The lowest BCUT2D eigenvalue weighted by Gasteiger charge is -2.23. The average Bonchev–Trinajstić information content (AvgIpc) is 3.48. The number of carbonyl (C=O) groups excluding carboxylic acids is 4. The first-order chi connectivity index (χ1) is 21.5. The van der Waals surface area contributed by atoms with Gasteiger partial charge in [0.2, 0.25) is 0 Å². The third-order valence-corrected chi connectivity index (χ3v) is 6.92. The van der Waals surface area contributed by atoms with E-state index in [1.54, 1.807) is 133 Å². The molecule has 10 nitrogen and oxygen atoms in total. The van der Waals surface area contributed by atoms with Gasteiger partial charge in [0.15, 0.2) is 11.6 Å². The molecule has 2 heterocycles. The Morgan fingerprint density at radius 1 is 0.500 bits per heavy atom. The molecule has 2 aromatic heterocycles. The van der Waals surface area contributed by atoms with Gasteiger partial charge in [-0.05, 0) is 48.5 Å². The quantitative estimate of drug-likeness (QED) is 0.244. The van der Waals surface area contributed by atoms with Crippen LogP contribution in [0, 0.1) is 0 Å². The van der Waals surface area contributed by atoms with Crippen molar-refractivity contribution in [1.29, 1.82) is 0 Å². The lowest BCUT2D eigenvalue weighted by Crippen LogP contribution is -2.40. The number of carbonyl (C=O) groups is 4. The molecule has 10 heteroatoms. The molecule has 0 N–H and O–H groups in total.